The van der Waals surface area contributed by atoms with Crippen LogP contribution in [0.25, 0.3) is 10.7 Å². The van der Waals surface area contributed by atoms with E-state index in [-0.39, 0.29) is 12.5 Å². The van der Waals surface area contributed by atoms with Crippen LogP contribution < -0.4 is 5.32 Å². The van der Waals surface area contributed by atoms with E-state index in [1.807, 2.05) is 0 Å². The first kappa shape index (κ1) is 13.6. The minimum Gasteiger partial charge on any atom is -0.389 e. The molecule has 0 spiro atoms. The average Bonchev–Trinajstić information content (AvgIpc) is 2.86. The summed E-state index contributed by atoms with van der Waals surface area (Å²) < 4.78 is 0. The number of rotatable bonds is 4. The van der Waals surface area contributed by atoms with Gasteiger partial charge in [-0.3, -0.25) is 14.8 Å². The number of carbonyl (C=O) groups is 1. The molecule has 0 saturated heterocycles. The summed E-state index contributed by atoms with van der Waals surface area (Å²) in [5.41, 5.74) is 0.00307. The van der Waals surface area contributed by atoms with Crippen molar-refractivity contribution in [2.24, 2.45) is 0 Å². The van der Waals surface area contributed by atoms with Crippen LogP contribution in [0.3, 0.4) is 0 Å². The van der Waals surface area contributed by atoms with Gasteiger partial charge in [0.1, 0.15) is 16.4 Å². The summed E-state index contributed by atoms with van der Waals surface area (Å²) in [4.78, 5) is 24.1. The molecule has 0 saturated carbocycles. The van der Waals surface area contributed by atoms with Crippen molar-refractivity contribution >= 4 is 17.2 Å². The van der Waals surface area contributed by atoms with Gasteiger partial charge in [0, 0.05) is 24.3 Å². The quantitative estimate of drug-likeness (QED) is 0.874. The highest BCUT2D eigenvalue weighted by Crippen LogP contribution is 2.20. The van der Waals surface area contributed by atoms with E-state index in [1.165, 1.54) is 11.3 Å². The van der Waals surface area contributed by atoms with Crippen molar-refractivity contribution in [1.29, 1.82) is 0 Å². The Morgan fingerprint density at radius 3 is 2.89 bits per heavy atom. The fourth-order valence-electron chi connectivity index (χ4n) is 1.29. The predicted molar refractivity (Wildman–Crippen MR) is 71.8 cm³/mol. The van der Waals surface area contributed by atoms with Gasteiger partial charge >= 0.3 is 0 Å². The van der Waals surface area contributed by atoms with Gasteiger partial charge in [-0.2, -0.15) is 0 Å². The van der Waals surface area contributed by atoms with Crippen LogP contribution in [0.15, 0.2) is 24.0 Å². The van der Waals surface area contributed by atoms with Gasteiger partial charge in [-0.25, -0.2) is 4.98 Å². The summed E-state index contributed by atoms with van der Waals surface area (Å²) in [5.74, 6) is -0.312. The van der Waals surface area contributed by atoms with Crippen LogP contribution in [0.4, 0.5) is 0 Å². The number of nitrogens with zero attached hydrogens (tertiary/aromatic N) is 3. The third kappa shape index (κ3) is 3.80. The highest BCUT2D eigenvalue weighted by atomic mass is 32.1. The van der Waals surface area contributed by atoms with Crippen molar-refractivity contribution in [2.45, 2.75) is 19.4 Å². The van der Waals surface area contributed by atoms with E-state index in [0.29, 0.717) is 16.4 Å². The highest BCUT2D eigenvalue weighted by Gasteiger charge is 2.17. The Labute approximate surface area is 114 Å². The van der Waals surface area contributed by atoms with Gasteiger partial charge in [0.25, 0.3) is 5.91 Å². The van der Waals surface area contributed by atoms with Crippen LogP contribution in [-0.2, 0) is 0 Å². The average molecular weight is 278 g/mol. The molecule has 0 aliphatic carbocycles. The first-order valence-corrected chi connectivity index (χ1v) is 6.56. The molecule has 0 aromatic carbocycles. The van der Waals surface area contributed by atoms with Crippen LogP contribution >= 0.6 is 11.3 Å². The molecule has 0 aliphatic heterocycles. The Balaban J connectivity index is 2.07. The minimum atomic E-state index is -0.945. The molecule has 100 valence electrons. The highest BCUT2D eigenvalue weighted by molar-refractivity contribution is 7.13. The monoisotopic (exact) mass is 278 g/mol. The predicted octanol–water partition coefficient (Wildman–Crippen LogP) is 1.10. The molecule has 19 heavy (non-hydrogen) atoms. The number of thiazole rings is 1. The molecule has 1 amide bonds. The maximum atomic E-state index is 11.8. The van der Waals surface area contributed by atoms with Gasteiger partial charge < -0.3 is 10.4 Å². The Morgan fingerprint density at radius 1 is 1.47 bits per heavy atom. The van der Waals surface area contributed by atoms with E-state index < -0.39 is 5.60 Å². The van der Waals surface area contributed by atoms with E-state index in [1.54, 1.807) is 37.8 Å². The second kappa shape index (κ2) is 5.41. The number of hydrogen-bond donors (Lipinski definition) is 2. The summed E-state index contributed by atoms with van der Waals surface area (Å²) in [5, 5.41) is 14.5. The molecular weight excluding hydrogens is 264 g/mol. The molecule has 0 aliphatic rings. The minimum absolute atomic E-state index is 0.170. The fourth-order valence-corrected chi connectivity index (χ4v) is 2.05. The maximum absolute atomic E-state index is 11.8. The molecule has 0 atom stereocenters. The van der Waals surface area contributed by atoms with Crippen molar-refractivity contribution in [3.8, 4) is 10.7 Å². The summed E-state index contributed by atoms with van der Waals surface area (Å²) in [6, 6.07) is 0. The molecule has 0 unspecified atom stereocenters. The van der Waals surface area contributed by atoms with Gasteiger partial charge in [0.15, 0.2) is 0 Å². The second-order valence-electron chi connectivity index (χ2n) is 4.62. The summed E-state index contributed by atoms with van der Waals surface area (Å²) >= 11 is 1.33. The first-order chi connectivity index (χ1) is 8.96. The SMILES string of the molecule is CC(C)(O)CNC(=O)c1csc(-c2cnccn2)n1. The summed E-state index contributed by atoms with van der Waals surface area (Å²) in [6.07, 6.45) is 4.75. The molecular formula is C12H14N4O2S. The number of amides is 1. The molecule has 0 radical (unpaired) electrons. The van der Waals surface area contributed by atoms with E-state index in [9.17, 15) is 9.90 Å². The molecule has 2 heterocycles. The van der Waals surface area contributed by atoms with Crippen molar-refractivity contribution in [3.05, 3.63) is 29.7 Å². The molecule has 6 nitrogen and oxygen atoms in total. The first-order valence-electron chi connectivity index (χ1n) is 5.68. The van der Waals surface area contributed by atoms with Crippen molar-refractivity contribution in [2.75, 3.05) is 6.54 Å². The van der Waals surface area contributed by atoms with E-state index in [4.69, 9.17) is 0 Å². The van der Waals surface area contributed by atoms with Gasteiger partial charge in [-0.1, -0.05) is 0 Å². The molecule has 2 aromatic rings. The molecule has 7 heteroatoms. The maximum Gasteiger partial charge on any atom is 0.270 e. The fraction of sp³-hybridized carbons (Fsp3) is 0.333. The van der Waals surface area contributed by atoms with E-state index >= 15 is 0 Å². The largest absolute Gasteiger partial charge is 0.389 e. The van der Waals surface area contributed by atoms with E-state index in [0.717, 1.165) is 0 Å². The Hall–Kier alpha value is -1.86. The number of carbonyl (C=O) groups excluding carboxylic acids is 1. The topological polar surface area (TPSA) is 88.0 Å². The van der Waals surface area contributed by atoms with Crippen LogP contribution in [0.2, 0.25) is 0 Å². The zero-order valence-electron chi connectivity index (χ0n) is 10.6. The lowest BCUT2D eigenvalue weighted by Crippen LogP contribution is -2.38. The van der Waals surface area contributed by atoms with Crippen LogP contribution in [-0.4, -0.2) is 38.1 Å². The van der Waals surface area contributed by atoms with Gasteiger partial charge in [-0.15, -0.1) is 11.3 Å². The third-order valence-corrected chi connectivity index (χ3v) is 3.07. The molecule has 2 aromatic heterocycles. The number of aliphatic hydroxyl groups is 1. The zero-order chi connectivity index (χ0) is 13.9. The summed E-state index contributed by atoms with van der Waals surface area (Å²) in [6.45, 7) is 3.42. The van der Waals surface area contributed by atoms with Crippen LogP contribution in [0.5, 0.6) is 0 Å². The second-order valence-corrected chi connectivity index (χ2v) is 5.48. The lowest BCUT2D eigenvalue weighted by Gasteiger charge is -2.16. The van der Waals surface area contributed by atoms with Crippen molar-refractivity contribution < 1.29 is 9.90 Å². The van der Waals surface area contributed by atoms with Crippen molar-refractivity contribution in [1.82, 2.24) is 20.3 Å². The molecule has 0 fully saturated rings. The third-order valence-electron chi connectivity index (χ3n) is 2.20. The van der Waals surface area contributed by atoms with Crippen LogP contribution in [0, 0.1) is 0 Å². The lowest BCUT2D eigenvalue weighted by atomic mass is 10.1. The zero-order valence-corrected chi connectivity index (χ0v) is 11.4. The van der Waals surface area contributed by atoms with Crippen molar-refractivity contribution in [3.63, 3.8) is 0 Å². The molecule has 2 N–H and O–H groups in total. The van der Waals surface area contributed by atoms with Gasteiger partial charge in [0.2, 0.25) is 0 Å². The number of aromatic nitrogens is 3. The van der Waals surface area contributed by atoms with Crippen LogP contribution in [0.1, 0.15) is 24.3 Å². The van der Waals surface area contributed by atoms with Gasteiger partial charge in [-0.05, 0) is 13.8 Å². The smallest absolute Gasteiger partial charge is 0.270 e. The lowest BCUT2D eigenvalue weighted by molar-refractivity contribution is 0.0692. The Kier molecular flexibility index (Phi) is 3.87. The number of hydrogen-bond acceptors (Lipinski definition) is 6. The summed E-state index contributed by atoms with van der Waals surface area (Å²) in [7, 11) is 0. The molecule has 2 rings (SSSR count). The number of nitrogens with one attached hydrogen (secondary N) is 1. The van der Waals surface area contributed by atoms with Gasteiger partial charge in [0.05, 0.1) is 11.8 Å². The molecule has 0 bridgehead atoms. The normalized spacial score (nSPS) is 11.3. The Morgan fingerprint density at radius 2 is 2.26 bits per heavy atom. The van der Waals surface area contributed by atoms with E-state index in [2.05, 4.69) is 20.3 Å². The standard InChI is InChI=1S/C12H14N4O2S/c1-12(2,18)7-15-10(17)9-6-19-11(16-9)8-5-13-3-4-14-8/h3-6,18H,7H2,1-2H3,(H,15,17). The Bertz CT molecular complexity index is 563.